The van der Waals surface area contributed by atoms with E-state index in [-0.39, 0.29) is 5.91 Å². The van der Waals surface area contributed by atoms with Crippen LogP contribution in [0.1, 0.15) is 24.9 Å². The summed E-state index contributed by atoms with van der Waals surface area (Å²) in [6.07, 6.45) is 0.945. The lowest BCUT2D eigenvalue weighted by Gasteiger charge is -2.26. The van der Waals surface area contributed by atoms with Crippen LogP contribution in [0.4, 0.5) is 0 Å². The molecule has 19 heavy (non-hydrogen) atoms. The molecule has 0 spiro atoms. The quantitative estimate of drug-likeness (QED) is 0.811. The Bertz CT molecular complexity index is 378. The average molecular weight is 263 g/mol. The summed E-state index contributed by atoms with van der Waals surface area (Å²) in [5, 5.41) is 0. The van der Waals surface area contributed by atoms with Gasteiger partial charge in [-0.25, -0.2) is 0 Å². The van der Waals surface area contributed by atoms with Crippen molar-refractivity contribution in [3.8, 4) is 0 Å². The minimum absolute atomic E-state index is 0.00917. The van der Waals surface area contributed by atoms with E-state index < -0.39 is 6.04 Å². The van der Waals surface area contributed by atoms with E-state index in [9.17, 15) is 4.79 Å². The molecule has 0 aliphatic carbocycles. The van der Waals surface area contributed by atoms with Crippen LogP contribution in [0.15, 0.2) is 30.3 Å². The highest BCUT2D eigenvalue weighted by Crippen LogP contribution is 2.13. The number of benzene rings is 1. The molecular formula is C15H25N3O. The Labute approximate surface area is 116 Å². The fraction of sp³-hybridized carbons (Fsp3) is 0.533. The van der Waals surface area contributed by atoms with Crippen molar-refractivity contribution in [2.75, 3.05) is 33.7 Å². The third-order valence-electron chi connectivity index (χ3n) is 3.05. The van der Waals surface area contributed by atoms with Gasteiger partial charge in [0.05, 0.1) is 0 Å². The summed E-state index contributed by atoms with van der Waals surface area (Å²) in [4.78, 5) is 16.4. The van der Waals surface area contributed by atoms with Gasteiger partial charge in [0, 0.05) is 19.6 Å². The van der Waals surface area contributed by atoms with Gasteiger partial charge in [0.25, 0.3) is 0 Å². The van der Waals surface area contributed by atoms with Gasteiger partial charge >= 0.3 is 0 Å². The SMILES string of the molecule is CCCN(CCN(C)C)C(=O)C(N)c1ccccc1. The van der Waals surface area contributed by atoms with Crippen LogP contribution in [-0.2, 0) is 4.79 Å². The van der Waals surface area contributed by atoms with Crippen molar-refractivity contribution in [2.45, 2.75) is 19.4 Å². The second kappa shape index (κ2) is 7.92. The molecule has 2 N–H and O–H groups in total. The molecule has 1 atom stereocenters. The molecule has 0 radical (unpaired) electrons. The van der Waals surface area contributed by atoms with Gasteiger partial charge in [-0.15, -0.1) is 0 Å². The molecule has 4 heteroatoms. The average Bonchev–Trinajstić information content (AvgIpc) is 2.42. The van der Waals surface area contributed by atoms with Crippen molar-refractivity contribution in [3.63, 3.8) is 0 Å². The summed E-state index contributed by atoms with van der Waals surface area (Å²) in [6, 6.07) is 8.99. The lowest BCUT2D eigenvalue weighted by Crippen LogP contribution is -2.42. The van der Waals surface area contributed by atoms with Gasteiger partial charge in [0.2, 0.25) is 5.91 Å². The highest BCUT2D eigenvalue weighted by atomic mass is 16.2. The van der Waals surface area contributed by atoms with Crippen LogP contribution in [-0.4, -0.2) is 49.4 Å². The largest absolute Gasteiger partial charge is 0.340 e. The summed E-state index contributed by atoms with van der Waals surface area (Å²) < 4.78 is 0. The Hall–Kier alpha value is -1.39. The predicted molar refractivity (Wildman–Crippen MR) is 78.8 cm³/mol. The zero-order chi connectivity index (χ0) is 14.3. The van der Waals surface area contributed by atoms with Crippen molar-refractivity contribution in [2.24, 2.45) is 5.73 Å². The number of hydrogen-bond acceptors (Lipinski definition) is 3. The van der Waals surface area contributed by atoms with E-state index in [0.717, 1.165) is 31.6 Å². The van der Waals surface area contributed by atoms with Gasteiger partial charge in [0.15, 0.2) is 0 Å². The van der Waals surface area contributed by atoms with Gasteiger partial charge in [-0.3, -0.25) is 4.79 Å². The maximum atomic E-state index is 12.4. The highest BCUT2D eigenvalue weighted by molar-refractivity contribution is 5.83. The number of carbonyl (C=O) groups is 1. The highest BCUT2D eigenvalue weighted by Gasteiger charge is 2.21. The molecule has 0 aromatic heterocycles. The van der Waals surface area contributed by atoms with Crippen LogP contribution in [0, 0.1) is 0 Å². The Morgan fingerprint density at radius 1 is 1.16 bits per heavy atom. The van der Waals surface area contributed by atoms with Crippen LogP contribution in [0.5, 0.6) is 0 Å². The molecule has 1 unspecified atom stereocenters. The molecule has 0 aliphatic rings. The van der Waals surface area contributed by atoms with Crippen LogP contribution >= 0.6 is 0 Å². The monoisotopic (exact) mass is 263 g/mol. The van der Waals surface area contributed by atoms with Gasteiger partial charge < -0.3 is 15.5 Å². The smallest absolute Gasteiger partial charge is 0.244 e. The van der Waals surface area contributed by atoms with Crippen LogP contribution in [0.25, 0.3) is 0 Å². The van der Waals surface area contributed by atoms with Crippen molar-refractivity contribution in [1.29, 1.82) is 0 Å². The van der Waals surface area contributed by atoms with Crippen LogP contribution in [0.3, 0.4) is 0 Å². The van der Waals surface area contributed by atoms with E-state index in [1.54, 1.807) is 0 Å². The second-order valence-electron chi connectivity index (χ2n) is 5.02. The van der Waals surface area contributed by atoms with Gasteiger partial charge in [-0.2, -0.15) is 0 Å². The normalized spacial score (nSPS) is 12.5. The number of rotatable bonds is 7. The third-order valence-corrected chi connectivity index (χ3v) is 3.05. The van der Waals surface area contributed by atoms with E-state index in [2.05, 4.69) is 11.8 Å². The topological polar surface area (TPSA) is 49.6 Å². The number of likely N-dealkylation sites (N-methyl/N-ethyl adjacent to an activating group) is 1. The zero-order valence-corrected chi connectivity index (χ0v) is 12.2. The molecule has 1 aromatic rings. The standard InChI is InChI=1S/C15H25N3O/c1-4-10-18(12-11-17(2)3)15(19)14(16)13-8-6-5-7-9-13/h5-9,14H,4,10-12,16H2,1-3H3. The molecule has 0 bridgehead atoms. The van der Waals surface area contributed by atoms with Crippen LogP contribution in [0.2, 0.25) is 0 Å². The number of hydrogen-bond donors (Lipinski definition) is 1. The maximum Gasteiger partial charge on any atom is 0.244 e. The summed E-state index contributed by atoms with van der Waals surface area (Å²) >= 11 is 0. The van der Waals surface area contributed by atoms with E-state index >= 15 is 0 Å². The van der Waals surface area contributed by atoms with Crippen molar-refractivity contribution in [3.05, 3.63) is 35.9 Å². The summed E-state index contributed by atoms with van der Waals surface area (Å²) in [5.41, 5.74) is 6.94. The molecule has 1 amide bonds. The summed E-state index contributed by atoms with van der Waals surface area (Å²) in [7, 11) is 4.01. The van der Waals surface area contributed by atoms with Crippen molar-refractivity contribution < 1.29 is 4.79 Å². The Balaban J connectivity index is 2.70. The predicted octanol–water partition coefficient (Wildman–Crippen LogP) is 1.49. The molecule has 106 valence electrons. The number of amides is 1. The molecule has 0 fully saturated rings. The minimum atomic E-state index is -0.560. The number of carbonyl (C=O) groups excluding carboxylic acids is 1. The van der Waals surface area contributed by atoms with E-state index in [1.165, 1.54) is 0 Å². The third kappa shape index (κ3) is 5.01. The number of nitrogens with two attached hydrogens (primary N) is 1. The Morgan fingerprint density at radius 3 is 2.32 bits per heavy atom. The summed E-state index contributed by atoms with van der Waals surface area (Å²) in [5.74, 6) is 0.00917. The first-order chi connectivity index (χ1) is 9.06. The maximum absolute atomic E-state index is 12.4. The Morgan fingerprint density at radius 2 is 1.79 bits per heavy atom. The first-order valence-electron chi connectivity index (χ1n) is 6.80. The Kier molecular flexibility index (Phi) is 6.53. The van der Waals surface area contributed by atoms with E-state index in [1.807, 2.05) is 49.3 Å². The molecule has 4 nitrogen and oxygen atoms in total. The molecular weight excluding hydrogens is 238 g/mol. The number of nitrogens with zero attached hydrogens (tertiary/aromatic N) is 2. The van der Waals surface area contributed by atoms with Crippen molar-refractivity contribution in [1.82, 2.24) is 9.80 Å². The second-order valence-corrected chi connectivity index (χ2v) is 5.02. The lowest BCUT2D eigenvalue weighted by atomic mass is 10.1. The van der Waals surface area contributed by atoms with Gasteiger partial charge in [-0.05, 0) is 26.1 Å². The minimum Gasteiger partial charge on any atom is -0.340 e. The van der Waals surface area contributed by atoms with E-state index in [0.29, 0.717) is 0 Å². The molecule has 0 saturated carbocycles. The van der Waals surface area contributed by atoms with E-state index in [4.69, 9.17) is 5.73 Å². The van der Waals surface area contributed by atoms with Gasteiger partial charge in [0.1, 0.15) is 6.04 Å². The molecule has 1 aromatic carbocycles. The molecule has 1 rings (SSSR count). The van der Waals surface area contributed by atoms with Gasteiger partial charge in [-0.1, -0.05) is 37.3 Å². The first-order valence-corrected chi connectivity index (χ1v) is 6.80. The fourth-order valence-electron chi connectivity index (χ4n) is 1.92. The molecule has 0 saturated heterocycles. The van der Waals surface area contributed by atoms with Crippen LogP contribution < -0.4 is 5.73 Å². The fourth-order valence-corrected chi connectivity index (χ4v) is 1.92. The molecule has 0 aliphatic heterocycles. The summed E-state index contributed by atoms with van der Waals surface area (Å²) in [6.45, 7) is 4.41. The lowest BCUT2D eigenvalue weighted by molar-refractivity contribution is -0.133. The van der Waals surface area contributed by atoms with Crippen molar-refractivity contribution >= 4 is 5.91 Å². The first kappa shape index (κ1) is 15.7. The molecule has 0 heterocycles. The zero-order valence-electron chi connectivity index (χ0n) is 12.2.